The summed E-state index contributed by atoms with van der Waals surface area (Å²) in [6, 6.07) is 44.0. The Labute approximate surface area is 422 Å². The number of nitrogens with one attached hydrogen (secondary N) is 4. The Morgan fingerprint density at radius 1 is 0.562 bits per heavy atom. The molecule has 2 aromatic heterocycles. The van der Waals surface area contributed by atoms with E-state index in [-0.39, 0.29) is 47.1 Å². The van der Waals surface area contributed by atoms with E-state index in [1.54, 1.807) is 85.9 Å². The fourth-order valence-electron chi connectivity index (χ4n) is 7.95. The van der Waals surface area contributed by atoms with Crippen molar-refractivity contribution in [1.29, 1.82) is 0 Å². The van der Waals surface area contributed by atoms with Crippen LogP contribution in [0.15, 0.2) is 167 Å². The second-order valence-corrected chi connectivity index (χ2v) is 18.4. The molecule has 0 radical (unpaired) electrons. The van der Waals surface area contributed by atoms with Crippen molar-refractivity contribution in [3.05, 3.63) is 197 Å². The summed E-state index contributed by atoms with van der Waals surface area (Å²) < 4.78 is 38.7. The summed E-state index contributed by atoms with van der Waals surface area (Å²) >= 11 is 0. The fourth-order valence-corrected chi connectivity index (χ4v) is 7.95. The minimum Gasteiger partial charge on any atom is -0.508 e. The molecule has 0 saturated heterocycles. The largest absolute Gasteiger partial charge is 0.508 e. The Morgan fingerprint density at radius 3 is 1.58 bits per heavy atom. The lowest BCUT2D eigenvalue weighted by atomic mass is 9.92. The molecule has 9 rings (SSSR count). The van der Waals surface area contributed by atoms with Gasteiger partial charge in [0, 0.05) is 53.2 Å². The molecule has 9 aromatic rings. The van der Waals surface area contributed by atoms with Crippen molar-refractivity contribution < 1.29 is 41.9 Å². The standard InChI is InChI=1S/C30H23FN2O4.C28H26FNO3.C2H7N/c1-32-30(36)27-25-16-21(10-13-26(25)37-28(27)19-8-11-23(31)12-9-19)20-5-3-6-22(15-20)29(35)33-17-18-4-2-7-24(34)14-18;1-28(2,3)13-14-30-27(32)21-6-4-5-19(15-21)20-9-12-25-23(16-20)24(17-31)26(33-25)18-7-10-22(29)11-8-18;1-3-2/h2-16,34H,17H2,1H3,(H,32,36)(H,33,35);4-12,15-17H,13-14H2,1-3H3,(H,30,32);3H,1-2H3. The number of rotatable bonds is 12. The van der Waals surface area contributed by atoms with Gasteiger partial charge in [-0.25, -0.2) is 8.78 Å². The van der Waals surface area contributed by atoms with E-state index < -0.39 is 0 Å². The first-order chi connectivity index (χ1) is 35.1. The maximum atomic E-state index is 13.5. The Bertz CT molecular complexity index is 3410. The molecule has 7 aromatic carbocycles. The highest BCUT2D eigenvalue weighted by Crippen LogP contribution is 2.38. The van der Waals surface area contributed by atoms with Gasteiger partial charge in [0.15, 0.2) is 6.29 Å². The molecule has 0 saturated carbocycles. The molecule has 0 aliphatic heterocycles. The third-order valence-electron chi connectivity index (χ3n) is 11.6. The van der Waals surface area contributed by atoms with Gasteiger partial charge in [-0.05, 0) is 163 Å². The molecule has 0 atom stereocenters. The number of aromatic hydroxyl groups is 1. The van der Waals surface area contributed by atoms with Crippen molar-refractivity contribution in [2.24, 2.45) is 5.41 Å². The molecule has 11 nitrogen and oxygen atoms in total. The van der Waals surface area contributed by atoms with E-state index in [1.807, 2.05) is 68.7 Å². The van der Waals surface area contributed by atoms with E-state index in [9.17, 15) is 33.1 Å². The Kier molecular flexibility index (Phi) is 16.8. The van der Waals surface area contributed by atoms with Gasteiger partial charge in [0.05, 0.1) is 11.1 Å². The third-order valence-corrected chi connectivity index (χ3v) is 11.6. The maximum Gasteiger partial charge on any atom is 0.255 e. The van der Waals surface area contributed by atoms with Gasteiger partial charge < -0.3 is 35.2 Å². The van der Waals surface area contributed by atoms with Crippen LogP contribution in [0.1, 0.15) is 74.2 Å². The molecule has 0 aliphatic carbocycles. The molecule has 0 aliphatic rings. The Morgan fingerprint density at radius 2 is 1.04 bits per heavy atom. The van der Waals surface area contributed by atoms with E-state index in [2.05, 4.69) is 42.0 Å². The van der Waals surface area contributed by atoms with Gasteiger partial charge in [-0.1, -0.05) is 69.3 Å². The minimum absolute atomic E-state index is 0.113. The maximum absolute atomic E-state index is 13.5. The molecule has 13 heteroatoms. The van der Waals surface area contributed by atoms with Crippen molar-refractivity contribution in [3.63, 3.8) is 0 Å². The van der Waals surface area contributed by atoms with Crippen LogP contribution < -0.4 is 21.3 Å². The SMILES string of the molecule is CC(C)(C)CCNC(=O)c1cccc(-c2ccc3oc(-c4ccc(F)cc4)c(C=O)c3c2)c1.CNC.CNC(=O)c1c(-c2ccc(F)cc2)oc2ccc(-c3cccc(C(=O)NCc4cccc(O)c4)c3)cc12. The zero-order valence-electron chi connectivity index (χ0n) is 41.4. The van der Waals surface area contributed by atoms with Crippen LogP contribution in [0.5, 0.6) is 5.75 Å². The van der Waals surface area contributed by atoms with Crippen molar-refractivity contribution >= 4 is 45.9 Å². The summed E-state index contributed by atoms with van der Waals surface area (Å²) in [5.74, 6) is -0.522. The lowest BCUT2D eigenvalue weighted by Gasteiger charge is -2.18. The van der Waals surface area contributed by atoms with E-state index in [0.29, 0.717) is 73.4 Å². The normalized spacial score (nSPS) is 11.0. The Hall–Kier alpha value is -8.68. The van der Waals surface area contributed by atoms with E-state index >= 15 is 0 Å². The molecular weight excluding hydrogens is 927 g/mol. The number of aldehydes is 1. The van der Waals surface area contributed by atoms with E-state index in [4.69, 9.17) is 8.83 Å². The van der Waals surface area contributed by atoms with Crippen LogP contribution in [-0.2, 0) is 6.54 Å². The number of amides is 3. The minimum atomic E-state index is -0.380. The topological polar surface area (TPSA) is 163 Å². The number of halogens is 2. The van der Waals surface area contributed by atoms with Gasteiger partial charge in [-0.2, -0.15) is 0 Å². The summed E-state index contributed by atoms with van der Waals surface area (Å²) in [7, 11) is 5.29. The van der Waals surface area contributed by atoms with E-state index in [0.717, 1.165) is 40.5 Å². The van der Waals surface area contributed by atoms with Gasteiger partial charge in [-0.3, -0.25) is 19.2 Å². The smallest absolute Gasteiger partial charge is 0.255 e. The highest BCUT2D eigenvalue weighted by atomic mass is 19.1. The second kappa shape index (κ2) is 23.5. The van der Waals surface area contributed by atoms with Crippen molar-refractivity contribution in [2.75, 3.05) is 27.7 Å². The molecule has 3 amide bonds. The van der Waals surface area contributed by atoms with Gasteiger partial charge in [0.1, 0.15) is 40.1 Å². The third kappa shape index (κ3) is 13.0. The average molecular weight is 983 g/mol. The number of hydrogen-bond donors (Lipinski definition) is 5. The Balaban J connectivity index is 0.000000204. The van der Waals surface area contributed by atoms with Gasteiger partial charge in [0.2, 0.25) is 0 Å². The summed E-state index contributed by atoms with van der Waals surface area (Å²) in [6.07, 6.45) is 1.65. The summed E-state index contributed by atoms with van der Waals surface area (Å²) in [4.78, 5) is 50.2. The lowest BCUT2D eigenvalue weighted by molar-refractivity contribution is 0.0942. The monoisotopic (exact) mass is 982 g/mol. The summed E-state index contributed by atoms with van der Waals surface area (Å²) in [6.45, 7) is 7.31. The average Bonchev–Trinajstić information content (AvgIpc) is 3.96. The van der Waals surface area contributed by atoms with Crippen molar-refractivity contribution in [3.8, 4) is 50.7 Å². The number of benzene rings is 7. The number of phenolic OH excluding ortho intramolecular Hbond substituents is 1. The number of fused-ring (bicyclic) bond motifs is 2. The first kappa shape index (κ1) is 52.2. The number of phenols is 1. The van der Waals surface area contributed by atoms with Gasteiger partial charge in [-0.15, -0.1) is 0 Å². The quantitative estimate of drug-likeness (QED) is 0.0756. The van der Waals surface area contributed by atoms with Crippen LogP contribution in [0.3, 0.4) is 0 Å². The van der Waals surface area contributed by atoms with Gasteiger partial charge >= 0.3 is 0 Å². The molecule has 0 fully saturated rings. The predicted molar refractivity (Wildman–Crippen MR) is 284 cm³/mol. The number of carbonyl (C=O) groups is 4. The van der Waals surface area contributed by atoms with Crippen LogP contribution in [0.4, 0.5) is 8.78 Å². The molecular formula is C60H56F2N4O7. The molecule has 0 spiro atoms. The van der Waals surface area contributed by atoms with E-state index in [1.165, 1.54) is 24.3 Å². The molecule has 372 valence electrons. The molecule has 0 unspecified atom stereocenters. The number of hydrogen-bond acceptors (Lipinski definition) is 8. The molecule has 5 N–H and O–H groups in total. The van der Waals surface area contributed by atoms with Gasteiger partial charge in [0.25, 0.3) is 17.7 Å². The molecule has 2 heterocycles. The summed E-state index contributed by atoms with van der Waals surface area (Å²) in [5.41, 5.74) is 8.37. The second-order valence-electron chi connectivity index (χ2n) is 18.4. The lowest BCUT2D eigenvalue weighted by Crippen LogP contribution is -2.27. The van der Waals surface area contributed by atoms with Crippen LogP contribution >= 0.6 is 0 Å². The van der Waals surface area contributed by atoms with Crippen LogP contribution in [0.25, 0.3) is 66.8 Å². The molecule has 0 bridgehead atoms. The molecule has 73 heavy (non-hydrogen) atoms. The zero-order chi connectivity index (χ0) is 52.2. The highest BCUT2D eigenvalue weighted by molar-refractivity contribution is 6.12. The van der Waals surface area contributed by atoms with Crippen molar-refractivity contribution in [1.82, 2.24) is 21.3 Å². The first-order valence-corrected chi connectivity index (χ1v) is 23.6. The highest BCUT2D eigenvalue weighted by Gasteiger charge is 2.23. The van der Waals surface area contributed by atoms with Crippen LogP contribution in [0, 0.1) is 17.0 Å². The number of furan rings is 2. The van der Waals surface area contributed by atoms with Crippen LogP contribution in [0.2, 0.25) is 0 Å². The zero-order valence-corrected chi connectivity index (χ0v) is 41.4. The fraction of sp³-hybridized carbons (Fsp3) is 0.167. The predicted octanol–water partition coefficient (Wildman–Crippen LogP) is 12.6. The van der Waals surface area contributed by atoms with Crippen LogP contribution in [-0.4, -0.2) is 56.8 Å². The van der Waals surface area contributed by atoms with Crippen molar-refractivity contribution in [2.45, 2.75) is 33.7 Å². The number of carbonyl (C=O) groups excluding carboxylic acids is 4. The summed E-state index contributed by atoms with van der Waals surface area (Å²) in [5, 5.41) is 22.1. The first-order valence-electron chi connectivity index (χ1n) is 23.6.